The lowest BCUT2D eigenvalue weighted by atomic mass is 9.98. The topological polar surface area (TPSA) is 52.3 Å². The van der Waals surface area contributed by atoms with Crippen molar-refractivity contribution in [1.29, 1.82) is 0 Å². The average Bonchev–Trinajstić information content (AvgIpc) is 3.33. The van der Waals surface area contributed by atoms with E-state index in [1.165, 1.54) is 18.2 Å². The summed E-state index contributed by atoms with van der Waals surface area (Å²) in [6, 6.07) is 5.59. The third kappa shape index (κ3) is 5.30. The van der Waals surface area contributed by atoms with E-state index in [0.29, 0.717) is 12.0 Å². The molecule has 0 aromatic heterocycles. The van der Waals surface area contributed by atoms with Crippen LogP contribution in [0.3, 0.4) is 0 Å². The number of allylic oxidation sites excluding steroid dienone is 1. The molecule has 0 aliphatic heterocycles. The summed E-state index contributed by atoms with van der Waals surface area (Å²) >= 11 is 0. The molecule has 0 heterocycles. The average molecular weight is 329 g/mol. The van der Waals surface area contributed by atoms with E-state index < -0.39 is 12.1 Å². The summed E-state index contributed by atoms with van der Waals surface area (Å²) in [5.41, 5.74) is 6.48. The van der Waals surface area contributed by atoms with Gasteiger partial charge in [0.25, 0.3) is 0 Å². The maximum Gasteiger partial charge on any atom is 0.573 e. The monoisotopic (exact) mass is 329 g/mol. The van der Waals surface area contributed by atoms with Gasteiger partial charge in [0.15, 0.2) is 5.78 Å². The van der Waals surface area contributed by atoms with Crippen LogP contribution in [0.1, 0.15) is 45.6 Å². The molecule has 0 amide bonds. The van der Waals surface area contributed by atoms with Crippen molar-refractivity contribution < 1.29 is 22.7 Å². The number of ether oxygens (including phenoxy) is 1. The van der Waals surface area contributed by atoms with Gasteiger partial charge in [-0.05, 0) is 31.4 Å². The molecule has 0 spiro atoms. The smallest absolute Gasteiger partial charge is 0.405 e. The normalized spacial score (nSPS) is 15.2. The molecule has 1 aromatic carbocycles. The van der Waals surface area contributed by atoms with Crippen LogP contribution in [0.5, 0.6) is 5.75 Å². The first-order valence-electron chi connectivity index (χ1n) is 7.71. The Kier molecular flexibility index (Phi) is 6.66. The molecular weight excluding hydrogens is 307 g/mol. The Bertz CT molecular complexity index is 575. The third-order valence-corrected chi connectivity index (χ3v) is 3.33. The second kappa shape index (κ2) is 8.04. The number of para-hydroxylation sites is 1. The van der Waals surface area contributed by atoms with Crippen molar-refractivity contribution >= 4 is 11.5 Å². The first kappa shape index (κ1) is 19.1. The van der Waals surface area contributed by atoms with E-state index in [1.807, 2.05) is 13.8 Å². The van der Waals surface area contributed by atoms with Gasteiger partial charge in [-0.1, -0.05) is 32.9 Å². The largest absolute Gasteiger partial charge is 0.573 e. The molecule has 1 fully saturated rings. The molecule has 6 heteroatoms. The SMILES string of the molecule is CC.CC/C(C(=O)C1CC1)=C(/N)c1ccccc1OC(F)(F)F. The molecule has 0 radical (unpaired) electrons. The number of benzene rings is 1. The van der Waals surface area contributed by atoms with E-state index in [9.17, 15) is 18.0 Å². The number of nitrogens with two attached hydrogens (primary N) is 1. The van der Waals surface area contributed by atoms with Gasteiger partial charge in [-0.2, -0.15) is 0 Å². The highest BCUT2D eigenvalue weighted by atomic mass is 19.4. The van der Waals surface area contributed by atoms with Gasteiger partial charge in [0.2, 0.25) is 0 Å². The third-order valence-electron chi connectivity index (χ3n) is 3.33. The van der Waals surface area contributed by atoms with Gasteiger partial charge in [-0.25, -0.2) is 0 Å². The molecule has 0 atom stereocenters. The van der Waals surface area contributed by atoms with Gasteiger partial charge in [-0.15, -0.1) is 13.2 Å². The van der Waals surface area contributed by atoms with Gasteiger partial charge in [0, 0.05) is 22.8 Å². The van der Waals surface area contributed by atoms with Gasteiger partial charge < -0.3 is 10.5 Å². The predicted molar refractivity (Wildman–Crippen MR) is 83.6 cm³/mol. The van der Waals surface area contributed by atoms with E-state index in [1.54, 1.807) is 13.0 Å². The van der Waals surface area contributed by atoms with Gasteiger partial charge in [0.1, 0.15) is 5.75 Å². The molecule has 0 bridgehead atoms. The minimum absolute atomic E-state index is 0.0332. The van der Waals surface area contributed by atoms with Crippen LogP contribution in [-0.2, 0) is 4.79 Å². The zero-order chi connectivity index (χ0) is 17.6. The molecule has 0 unspecified atom stereocenters. The lowest BCUT2D eigenvalue weighted by molar-refractivity contribution is -0.274. The molecule has 23 heavy (non-hydrogen) atoms. The zero-order valence-electron chi connectivity index (χ0n) is 13.5. The van der Waals surface area contributed by atoms with Crippen LogP contribution in [0.2, 0.25) is 0 Å². The number of rotatable bonds is 5. The summed E-state index contributed by atoms with van der Waals surface area (Å²) in [5, 5.41) is 0. The van der Waals surface area contributed by atoms with E-state index in [2.05, 4.69) is 4.74 Å². The number of ketones is 1. The Balaban J connectivity index is 0.00000127. The highest BCUT2D eigenvalue weighted by Crippen LogP contribution is 2.36. The van der Waals surface area contributed by atoms with Crippen LogP contribution < -0.4 is 10.5 Å². The summed E-state index contributed by atoms with van der Waals surface area (Å²) in [6.07, 6.45) is -2.79. The van der Waals surface area contributed by atoms with Crippen LogP contribution in [0, 0.1) is 5.92 Å². The Morgan fingerprint density at radius 1 is 1.26 bits per heavy atom. The summed E-state index contributed by atoms with van der Waals surface area (Å²) < 4.78 is 41.2. The van der Waals surface area contributed by atoms with Crippen LogP contribution in [0.4, 0.5) is 13.2 Å². The predicted octanol–water partition coefficient (Wildman–Crippen LogP) is 4.67. The first-order chi connectivity index (χ1) is 10.8. The summed E-state index contributed by atoms with van der Waals surface area (Å²) in [5.74, 6) is -0.497. The number of halogens is 3. The maximum absolute atomic E-state index is 12.4. The van der Waals surface area contributed by atoms with Crippen LogP contribution in [-0.4, -0.2) is 12.1 Å². The quantitative estimate of drug-likeness (QED) is 0.799. The minimum atomic E-state index is -4.80. The molecule has 2 rings (SSSR count). The molecule has 1 aliphatic rings. The Labute approximate surface area is 134 Å². The lowest BCUT2D eigenvalue weighted by Gasteiger charge is -2.15. The van der Waals surface area contributed by atoms with Gasteiger partial charge >= 0.3 is 6.36 Å². The maximum atomic E-state index is 12.4. The Hall–Kier alpha value is -1.98. The Morgan fingerprint density at radius 3 is 2.30 bits per heavy atom. The van der Waals surface area contributed by atoms with Gasteiger partial charge in [0.05, 0.1) is 0 Å². The molecule has 1 aliphatic carbocycles. The van der Waals surface area contributed by atoms with Gasteiger partial charge in [-0.3, -0.25) is 4.79 Å². The fourth-order valence-corrected chi connectivity index (χ4v) is 2.15. The summed E-state index contributed by atoms with van der Waals surface area (Å²) in [7, 11) is 0. The second-order valence-corrected chi connectivity index (χ2v) is 4.93. The molecule has 1 aromatic rings. The summed E-state index contributed by atoms with van der Waals surface area (Å²) in [6.45, 7) is 5.76. The molecule has 3 nitrogen and oxygen atoms in total. The lowest BCUT2D eigenvalue weighted by Crippen LogP contribution is -2.19. The summed E-state index contributed by atoms with van der Waals surface area (Å²) in [4.78, 5) is 12.1. The number of carbonyl (C=O) groups excluding carboxylic acids is 1. The number of alkyl halides is 3. The van der Waals surface area contributed by atoms with Crippen molar-refractivity contribution in [3.8, 4) is 5.75 Å². The fourth-order valence-electron chi connectivity index (χ4n) is 2.15. The number of hydrogen-bond donors (Lipinski definition) is 1. The van der Waals surface area contributed by atoms with E-state index in [-0.39, 0.29) is 23.0 Å². The molecule has 0 saturated heterocycles. The van der Waals surface area contributed by atoms with Crippen molar-refractivity contribution in [3.05, 3.63) is 35.4 Å². The standard InChI is InChI=1S/C15H16F3NO2.C2H6/c1-2-10(14(20)9-7-8-9)13(19)11-5-3-4-6-12(11)21-15(16,17)18;1-2/h3-6,9H,2,7-8,19H2,1H3;1-2H3/b13-10-;. The second-order valence-electron chi connectivity index (χ2n) is 4.93. The number of Topliss-reactive ketones (excluding diaryl/α,β-unsaturated/α-hetero) is 1. The van der Waals surface area contributed by atoms with Crippen molar-refractivity contribution in [2.24, 2.45) is 11.7 Å². The van der Waals surface area contributed by atoms with E-state index in [4.69, 9.17) is 5.73 Å². The van der Waals surface area contributed by atoms with E-state index >= 15 is 0 Å². The first-order valence-corrected chi connectivity index (χ1v) is 7.71. The molecule has 128 valence electrons. The highest BCUT2D eigenvalue weighted by molar-refractivity contribution is 6.04. The fraction of sp³-hybridized carbons (Fsp3) is 0.471. The van der Waals surface area contributed by atoms with Crippen molar-refractivity contribution in [2.75, 3.05) is 0 Å². The molecular formula is C17H22F3NO2. The zero-order valence-corrected chi connectivity index (χ0v) is 13.5. The number of carbonyl (C=O) groups is 1. The van der Waals surface area contributed by atoms with Crippen molar-refractivity contribution in [3.63, 3.8) is 0 Å². The van der Waals surface area contributed by atoms with Crippen LogP contribution >= 0.6 is 0 Å². The minimum Gasteiger partial charge on any atom is -0.405 e. The van der Waals surface area contributed by atoms with Crippen molar-refractivity contribution in [2.45, 2.75) is 46.4 Å². The van der Waals surface area contributed by atoms with E-state index in [0.717, 1.165) is 12.8 Å². The van der Waals surface area contributed by atoms with Crippen LogP contribution in [0.25, 0.3) is 5.70 Å². The van der Waals surface area contributed by atoms with Crippen LogP contribution in [0.15, 0.2) is 29.8 Å². The highest BCUT2D eigenvalue weighted by Gasteiger charge is 2.34. The number of hydrogen-bond acceptors (Lipinski definition) is 3. The Morgan fingerprint density at radius 2 is 1.83 bits per heavy atom. The molecule has 2 N–H and O–H groups in total. The van der Waals surface area contributed by atoms with Crippen molar-refractivity contribution in [1.82, 2.24) is 0 Å². The molecule has 1 saturated carbocycles.